The van der Waals surface area contributed by atoms with Gasteiger partial charge in [-0.2, -0.15) is 0 Å². The third-order valence-corrected chi connectivity index (χ3v) is 4.87. The molecule has 1 saturated heterocycles. The van der Waals surface area contributed by atoms with Crippen LogP contribution in [0.4, 0.5) is 0 Å². The minimum Gasteiger partial charge on any atom is -0.312 e. The van der Waals surface area contributed by atoms with Crippen LogP contribution in [0.2, 0.25) is 0 Å². The van der Waals surface area contributed by atoms with Crippen LogP contribution >= 0.6 is 0 Å². The van der Waals surface area contributed by atoms with Gasteiger partial charge in [0.05, 0.1) is 0 Å². The fourth-order valence-electron chi connectivity index (χ4n) is 2.79. The average Bonchev–Trinajstić information content (AvgIpc) is 3.01. The molecule has 0 aromatic rings. The zero-order chi connectivity index (χ0) is 11.6. The second-order valence-corrected chi connectivity index (χ2v) is 6.21. The summed E-state index contributed by atoms with van der Waals surface area (Å²) in [6.45, 7) is 10.9. The first kappa shape index (κ1) is 12.4. The van der Waals surface area contributed by atoms with Gasteiger partial charge in [0.25, 0.3) is 0 Å². The van der Waals surface area contributed by atoms with Crippen molar-refractivity contribution in [2.75, 3.05) is 19.6 Å². The van der Waals surface area contributed by atoms with Gasteiger partial charge in [0, 0.05) is 25.2 Å². The van der Waals surface area contributed by atoms with Crippen molar-refractivity contribution in [1.29, 1.82) is 0 Å². The van der Waals surface area contributed by atoms with E-state index in [4.69, 9.17) is 0 Å². The van der Waals surface area contributed by atoms with Crippen molar-refractivity contribution in [2.45, 2.75) is 65.0 Å². The van der Waals surface area contributed by atoms with Crippen LogP contribution in [0.15, 0.2) is 0 Å². The van der Waals surface area contributed by atoms with Crippen LogP contribution in [0.1, 0.15) is 52.9 Å². The minimum atomic E-state index is 0.619. The molecule has 0 amide bonds. The second-order valence-electron chi connectivity index (χ2n) is 6.21. The molecule has 2 nitrogen and oxygen atoms in total. The fourth-order valence-corrected chi connectivity index (χ4v) is 2.79. The average molecular weight is 224 g/mol. The van der Waals surface area contributed by atoms with Crippen LogP contribution in [-0.2, 0) is 0 Å². The van der Waals surface area contributed by atoms with Crippen molar-refractivity contribution in [3.05, 3.63) is 0 Å². The molecule has 1 aliphatic carbocycles. The Hall–Kier alpha value is -0.0800. The standard InChI is InChI=1S/C14H28N2/c1-12-6-4-5-10-16(12)11-9-15-13(2)14(3)7-8-14/h12-13,15H,4-11H2,1-3H3. The SMILES string of the molecule is CC1CCCCN1CCNC(C)C1(C)CC1. The first-order valence-electron chi connectivity index (χ1n) is 7.09. The molecule has 0 aromatic carbocycles. The van der Waals surface area contributed by atoms with E-state index in [-0.39, 0.29) is 0 Å². The molecule has 16 heavy (non-hydrogen) atoms. The Kier molecular flexibility index (Phi) is 3.91. The molecular weight excluding hydrogens is 196 g/mol. The summed E-state index contributed by atoms with van der Waals surface area (Å²) in [5.74, 6) is 0. The van der Waals surface area contributed by atoms with Gasteiger partial charge in [-0.25, -0.2) is 0 Å². The van der Waals surface area contributed by atoms with Crippen molar-refractivity contribution in [3.63, 3.8) is 0 Å². The van der Waals surface area contributed by atoms with Crippen molar-refractivity contribution in [1.82, 2.24) is 10.2 Å². The van der Waals surface area contributed by atoms with Crippen molar-refractivity contribution in [3.8, 4) is 0 Å². The van der Waals surface area contributed by atoms with E-state index in [9.17, 15) is 0 Å². The van der Waals surface area contributed by atoms with Crippen LogP contribution in [0.5, 0.6) is 0 Å². The first-order valence-corrected chi connectivity index (χ1v) is 7.09. The molecule has 0 aromatic heterocycles. The molecule has 2 unspecified atom stereocenters. The number of piperidine rings is 1. The zero-order valence-electron chi connectivity index (χ0n) is 11.3. The summed E-state index contributed by atoms with van der Waals surface area (Å²) in [4.78, 5) is 2.65. The minimum absolute atomic E-state index is 0.619. The molecule has 1 heterocycles. The quantitative estimate of drug-likeness (QED) is 0.772. The summed E-state index contributed by atoms with van der Waals surface area (Å²) in [6.07, 6.45) is 7.06. The molecule has 0 bridgehead atoms. The Morgan fingerprint density at radius 2 is 2.12 bits per heavy atom. The van der Waals surface area contributed by atoms with Gasteiger partial charge in [0.15, 0.2) is 0 Å². The molecular formula is C14H28N2. The lowest BCUT2D eigenvalue weighted by Gasteiger charge is -2.34. The maximum Gasteiger partial charge on any atom is 0.0110 e. The molecule has 0 spiro atoms. The lowest BCUT2D eigenvalue weighted by atomic mass is 10.0. The van der Waals surface area contributed by atoms with Crippen LogP contribution in [-0.4, -0.2) is 36.6 Å². The van der Waals surface area contributed by atoms with E-state index in [1.54, 1.807) is 0 Å². The fraction of sp³-hybridized carbons (Fsp3) is 1.00. The van der Waals surface area contributed by atoms with Gasteiger partial charge in [-0.1, -0.05) is 13.3 Å². The summed E-state index contributed by atoms with van der Waals surface area (Å²) < 4.78 is 0. The molecule has 1 saturated carbocycles. The smallest absolute Gasteiger partial charge is 0.0110 e. The normalized spacial score (nSPS) is 31.3. The summed E-state index contributed by atoms with van der Waals surface area (Å²) in [6, 6.07) is 1.51. The molecule has 2 aliphatic rings. The summed E-state index contributed by atoms with van der Waals surface area (Å²) >= 11 is 0. The first-order chi connectivity index (χ1) is 7.62. The molecule has 2 heteroatoms. The van der Waals surface area contributed by atoms with Gasteiger partial charge in [0.2, 0.25) is 0 Å². The third kappa shape index (κ3) is 2.98. The third-order valence-electron chi connectivity index (χ3n) is 4.87. The summed E-state index contributed by atoms with van der Waals surface area (Å²) in [5.41, 5.74) is 0.619. The topological polar surface area (TPSA) is 15.3 Å². The Bertz CT molecular complexity index is 223. The van der Waals surface area contributed by atoms with Gasteiger partial charge in [-0.05, 0) is 51.5 Å². The molecule has 0 radical (unpaired) electrons. The monoisotopic (exact) mass is 224 g/mol. The number of likely N-dealkylation sites (tertiary alicyclic amines) is 1. The van der Waals surface area contributed by atoms with Gasteiger partial charge < -0.3 is 5.32 Å². The van der Waals surface area contributed by atoms with Crippen LogP contribution < -0.4 is 5.32 Å². The Balaban J connectivity index is 1.63. The van der Waals surface area contributed by atoms with E-state index in [0.29, 0.717) is 11.5 Å². The summed E-state index contributed by atoms with van der Waals surface area (Å²) in [7, 11) is 0. The van der Waals surface area contributed by atoms with E-state index >= 15 is 0 Å². The Morgan fingerprint density at radius 3 is 2.75 bits per heavy atom. The van der Waals surface area contributed by atoms with Crippen molar-refractivity contribution >= 4 is 0 Å². The number of nitrogens with zero attached hydrogens (tertiary/aromatic N) is 1. The molecule has 94 valence electrons. The van der Waals surface area contributed by atoms with Gasteiger partial charge in [-0.15, -0.1) is 0 Å². The highest BCUT2D eigenvalue weighted by molar-refractivity contribution is 4.96. The highest BCUT2D eigenvalue weighted by Crippen LogP contribution is 2.47. The van der Waals surface area contributed by atoms with E-state index < -0.39 is 0 Å². The summed E-state index contributed by atoms with van der Waals surface area (Å²) in [5, 5.41) is 3.71. The van der Waals surface area contributed by atoms with Crippen LogP contribution in [0.3, 0.4) is 0 Å². The van der Waals surface area contributed by atoms with E-state index in [2.05, 4.69) is 31.0 Å². The molecule has 1 N–H and O–H groups in total. The predicted octanol–water partition coefficient (Wildman–Crippen LogP) is 2.64. The zero-order valence-corrected chi connectivity index (χ0v) is 11.3. The largest absolute Gasteiger partial charge is 0.312 e. The van der Waals surface area contributed by atoms with Crippen molar-refractivity contribution in [2.24, 2.45) is 5.41 Å². The van der Waals surface area contributed by atoms with Gasteiger partial charge in [-0.3, -0.25) is 4.90 Å². The van der Waals surface area contributed by atoms with Crippen LogP contribution in [0, 0.1) is 5.41 Å². The van der Waals surface area contributed by atoms with Gasteiger partial charge >= 0.3 is 0 Å². The second kappa shape index (κ2) is 5.05. The molecule has 1 aliphatic heterocycles. The number of nitrogens with one attached hydrogen (secondary N) is 1. The maximum atomic E-state index is 3.71. The predicted molar refractivity (Wildman–Crippen MR) is 69.7 cm³/mol. The molecule has 2 fully saturated rings. The Labute approximate surface area is 101 Å². The Morgan fingerprint density at radius 1 is 1.38 bits per heavy atom. The highest BCUT2D eigenvalue weighted by Gasteiger charge is 2.42. The highest BCUT2D eigenvalue weighted by atomic mass is 15.2. The molecule has 2 atom stereocenters. The maximum absolute atomic E-state index is 3.71. The lowest BCUT2D eigenvalue weighted by molar-refractivity contribution is 0.158. The molecule has 2 rings (SSSR count). The van der Waals surface area contributed by atoms with Gasteiger partial charge in [0.1, 0.15) is 0 Å². The number of hydrogen-bond acceptors (Lipinski definition) is 2. The lowest BCUT2D eigenvalue weighted by Crippen LogP contribution is -2.44. The number of hydrogen-bond donors (Lipinski definition) is 1. The van der Waals surface area contributed by atoms with E-state index in [1.165, 1.54) is 51.7 Å². The number of rotatable bonds is 5. The van der Waals surface area contributed by atoms with Crippen molar-refractivity contribution < 1.29 is 0 Å². The van der Waals surface area contributed by atoms with E-state index in [1.807, 2.05) is 0 Å². The van der Waals surface area contributed by atoms with E-state index in [0.717, 1.165) is 6.04 Å². The van der Waals surface area contributed by atoms with Crippen LogP contribution in [0.25, 0.3) is 0 Å².